The maximum Gasteiger partial charge on any atom is 0.135 e. The van der Waals surface area contributed by atoms with E-state index in [0.29, 0.717) is 6.54 Å². The molecule has 26 heavy (non-hydrogen) atoms. The van der Waals surface area contributed by atoms with E-state index in [2.05, 4.69) is 45.6 Å². The molecule has 0 aromatic carbocycles. The molecule has 0 saturated carbocycles. The Bertz CT molecular complexity index is 749. The summed E-state index contributed by atoms with van der Waals surface area (Å²) in [5, 5.41) is 13.7. The van der Waals surface area contributed by atoms with E-state index in [-0.39, 0.29) is 6.61 Å². The number of aromatic nitrogens is 4. The predicted octanol–water partition coefficient (Wildman–Crippen LogP) is 1.48. The van der Waals surface area contributed by atoms with Gasteiger partial charge in [0, 0.05) is 55.7 Å². The molecule has 2 aromatic heterocycles. The lowest BCUT2D eigenvalue weighted by molar-refractivity contribution is 0.247. The molecule has 0 unspecified atom stereocenters. The van der Waals surface area contributed by atoms with Crippen LogP contribution in [-0.2, 0) is 19.5 Å². The molecule has 0 radical (unpaired) electrons. The summed E-state index contributed by atoms with van der Waals surface area (Å²) in [5.41, 5.74) is 4.75. The van der Waals surface area contributed by atoms with Gasteiger partial charge in [0.2, 0.25) is 0 Å². The first kappa shape index (κ1) is 18.8. The van der Waals surface area contributed by atoms with Gasteiger partial charge in [-0.15, -0.1) is 0 Å². The van der Waals surface area contributed by atoms with Gasteiger partial charge in [-0.3, -0.25) is 9.58 Å². The topological polar surface area (TPSA) is 70.3 Å². The van der Waals surface area contributed by atoms with Gasteiger partial charge in [-0.2, -0.15) is 5.10 Å². The molecule has 1 N–H and O–H groups in total. The number of nitrogens with zero attached hydrogens (tertiary/aromatic N) is 6. The van der Waals surface area contributed by atoms with Crippen LogP contribution < -0.4 is 4.90 Å². The third-order valence-corrected chi connectivity index (χ3v) is 5.24. The Balaban J connectivity index is 1.65. The minimum Gasteiger partial charge on any atom is -0.394 e. The molecular formula is C19H30N6O. The molecule has 0 spiro atoms. The monoisotopic (exact) mass is 358 g/mol. The molecule has 0 amide bonds. The van der Waals surface area contributed by atoms with E-state index >= 15 is 0 Å². The number of piperazine rings is 1. The number of aliphatic hydroxyl groups excluding tert-OH is 1. The molecule has 1 aliphatic rings. The molecule has 0 atom stereocenters. The van der Waals surface area contributed by atoms with E-state index in [1.165, 1.54) is 16.8 Å². The van der Waals surface area contributed by atoms with Crippen LogP contribution in [0.4, 0.5) is 5.82 Å². The predicted molar refractivity (Wildman–Crippen MR) is 102 cm³/mol. The summed E-state index contributed by atoms with van der Waals surface area (Å²) in [6.45, 7) is 13.8. The maximum absolute atomic E-state index is 9.18. The van der Waals surface area contributed by atoms with Gasteiger partial charge in [0.05, 0.1) is 18.8 Å². The summed E-state index contributed by atoms with van der Waals surface area (Å²) in [6, 6.07) is 0. The molecule has 3 rings (SSSR count). The largest absolute Gasteiger partial charge is 0.394 e. The van der Waals surface area contributed by atoms with Crippen LogP contribution >= 0.6 is 0 Å². The van der Waals surface area contributed by atoms with E-state index in [1.54, 1.807) is 0 Å². The molecule has 1 saturated heterocycles. The first-order valence-electron chi connectivity index (χ1n) is 9.47. The molecule has 1 aliphatic heterocycles. The van der Waals surface area contributed by atoms with Crippen molar-refractivity contribution in [2.24, 2.45) is 0 Å². The van der Waals surface area contributed by atoms with Gasteiger partial charge in [-0.05, 0) is 27.2 Å². The zero-order valence-corrected chi connectivity index (χ0v) is 16.4. The summed E-state index contributed by atoms with van der Waals surface area (Å²) in [6.07, 6.45) is 2.92. The number of hydrogen-bond acceptors (Lipinski definition) is 6. The SMILES string of the molecule is CCc1cnc(C)nc1N1CCN(Cc2c(C)nn(CCO)c2C)CC1. The average Bonchev–Trinajstić information content (AvgIpc) is 2.90. The smallest absolute Gasteiger partial charge is 0.135 e. The normalized spacial score (nSPS) is 15.7. The van der Waals surface area contributed by atoms with Crippen LogP contribution in [0, 0.1) is 20.8 Å². The second-order valence-corrected chi connectivity index (χ2v) is 6.98. The van der Waals surface area contributed by atoms with Crippen LogP contribution in [0.5, 0.6) is 0 Å². The van der Waals surface area contributed by atoms with Crippen molar-refractivity contribution in [3.8, 4) is 0 Å². The van der Waals surface area contributed by atoms with Crippen LogP contribution in [0.3, 0.4) is 0 Å². The zero-order chi connectivity index (χ0) is 18.7. The van der Waals surface area contributed by atoms with Crippen molar-refractivity contribution in [1.29, 1.82) is 0 Å². The van der Waals surface area contributed by atoms with Gasteiger partial charge in [0.25, 0.3) is 0 Å². The first-order chi connectivity index (χ1) is 12.5. The van der Waals surface area contributed by atoms with Crippen LogP contribution in [0.15, 0.2) is 6.20 Å². The number of rotatable bonds is 6. The standard InChI is InChI=1S/C19H30N6O/c1-5-17-12-20-16(4)21-19(17)24-8-6-23(7-9-24)13-18-14(2)22-25(10-11-26)15(18)3/h12,26H,5-11,13H2,1-4H3. The lowest BCUT2D eigenvalue weighted by atomic mass is 10.1. The molecule has 2 aromatic rings. The van der Waals surface area contributed by atoms with Crippen molar-refractivity contribution < 1.29 is 5.11 Å². The van der Waals surface area contributed by atoms with E-state index in [0.717, 1.165) is 56.5 Å². The summed E-state index contributed by atoms with van der Waals surface area (Å²) in [4.78, 5) is 13.9. The molecule has 7 heteroatoms. The van der Waals surface area contributed by atoms with E-state index in [1.807, 2.05) is 17.8 Å². The molecule has 142 valence electrons. The fourth-order valence-electron chi connectivity index (χ4n) is 3.62. The van der Waals surface area contributed by atoms with Crippen molar-refractivity contribution >= 4 is 5.82 Å². The Kier molecular flexibility index (Phi) is 5.88. The summed E-state index contributed by atoms with van der Waals surface area (Å²) in [5.74, 6) is 1.94. The number of anilines is 1. The van der Waals surface area contributed by atoms with Crippen molar-refractivity contribution in [3.05, 3.63) is 34.5 Å². The van der Waals surface area contributed by atoms with Crippen LogP contribution in [0.25, 0.3) is 0 Å². The molecule has 1 fully saturated rings. The highest BCUT2D eigenvalue weighted by molar-refractivity contribution is 5.46. The van der Waals surface area contributed by atoms with Gasteiger partial charge in [0.15, 0.2) is 0 Å². The number of aliphatic hydroxyl groups is 1. The van der Waals surface area contributed by atoms with Crippen molar-refractivity contribution in [3.63, 3.8) is 0 Å². The van der Waals surface area contributed by atoms with Crippen molar-refractivity contribution in [2.75, 3.05) is 37.7 Å². The highest BCUT2D eigenvalue weighted by atomic mass is 16.3. The Morgan fingerprint density at radius 3 is 2.50 bits per heavy atom. The number of aryl methyl sites for hydroxylation is 3. The molecular weight excluding hydrogens is 328 g/mol. The average molecular weight is 358 g/mol. The fraction of sp³-hybridized carbons (Fsp3) is 0.632. The van der Waals surface area contributed by atoms with Crippen molar-refractivity contribution in [1.82, 2.24) is 24.6 Å². The fourth-order valence-corrected chi connectivity index (χ4v) is 3.62. The van der Waals surface area contributed by atoms with E-state index in [9.17, 15) is 5.11 Å². The molecule has 3 heterocycles. The van der Waals surface area contributed by atoms with Gasteiger partial charge >= 0.3 is 0 Å². The van der Waals surface area contributed by atoms with Crippen LogP contribution in [0.1, 0.15) is 35.3 Å². The van der Waals surface area contributed by atoms with Crippen LogP contribution in [-0.4, -0.2) is 62.5 Å². The first-order valence-corrected chi connectivity index (χ1v) is 9.47. The van der Waals surface area contributed by atoms with Gasteiger partial charge in [-0.25, -0.2) is 9.97 Å². The quantitative estimate of drug-likeness (QED) is 0.843. The summed E-state index contributed by atoms with van der Waals surface area (Å²) in [7, 11) is 0. The van der Waals surface area contributed by atoms with E-state index < -0.39 is 0 Å². The number of hydrogen-bond donors (Lipinski definition) is 1. The lowest BCUT2D eigenvalue weighted by Crippen LogP contribution is -2.46. The molecule has 0 bridgehead atoms. The lowest BCUT2D eigenvalue weighted by Gasteiger charge is -2.36. The van der Waals surface area contributed by atoms with Gasteiger partial charge < -0.3 is 10.0 Å². The zero-order valence-electron chi connectivity index (χ0n) is 16.4. The third-order valence-electron chi connectivity index (χ3n) is 5.24. The Hall–Kier alpha value is -1.99. The van der Waals surface area contributed by atoms with Crippen molar-refractivity contribution in [2.45, 2.75) is 47.2 Å². The van der Waals surface area contributed by atoms with Gasteiger partial charge in [0.1, 0.15) is 11.6 Å². The minimum atomic E-state index is 0.123. The second kappa shape index (κ2) is 8.14. The van der Waals surface area contributed by atoms with Gasteiger partial charge in [-0.1, -0.05) is 6.92 Å². The highest BCUT2D eigenvalue weighted by Crippen LogP contribution is 2.21. The molecule has 0 aliphatic carbocycles. The minimum absolute atomic E-state index is 0.123. The highest BCUT2D eigenvalue weighted by Gasteiger charge is 2.22. The summed E-state index contributed by atoms with van der Waals surface area (Å²) < 4.78 is 1.91. The maximum atomic E-state index is 9.18. The Morgan fingerprint density at radius 2 is 1.85 bits per heavy atom. The third kappa shape index (κ3) is 3.88. The molecule has 7 nitrogen and oxygen atoms in total. The van der Waals surface area contributed by atoms with E-state index in [4.69, 9.17) is 0 Å². The summed E-state index contributed by atoms with van der Waals surface area (Å²) >= 11 is 0. The second-order valence-electron chi connectivity index (χ2n) is 6.98. The Morgan fingerprint density at radius 1 is 1.12 bits per heavy atom. The Labute approximate surface area is 155 Å². The van der Waals surface area contributed by atoms with Crippen LogP contribution in [0.2, 0.25) is 0 Å².